The Labute approximate surface area is 126 Å². The lowest BCUT2D eigenvalue weighted by molar-refractivity contribution is 0.0937. The van der Waals surface area contributed by atoms with Gasteiger partial charge in [0.25, 0.3) is 11.8 Å². The van der Waals surface area contributed by atoms with E-state index < -0.39 is 0 Å². The molecule has 0 radical (unpaired) electrons. The first kappa shape index (κ1) is 13.8. The summed E-state index contributed by atoms with van der Waals surface area (Å²) in [5.41, 5.74) is 1.01. The Bertz CT molecular complexity index is 840. The van der Waals surface area contributed by atoms with Crippen LogP contribution in [0.3, 0.4) is 0 Å². The molecule has 6 nitrogen and oxygen atoms in total. The summed E-state index contributed by atoms with van der Waals surface area (Å²) < 4.78 is 5.42. The molecule has 2 aromatic heterocycles. The number of furan rings is 1. The number of carbonyl (C=O) groups excluding carboxylic acids is 2. The van der Waals surface area contributed by atoms with Crippen LogP contribution in [-0.2, 0) is 0 Å². The number of benzene rings is 1. The highest BCUT2D eigenvalue weighted by Crippen LogP contribution is 2.21. The van der Waals surface area contributed by atoms with Gasteiger partial charge in [0.05, 0.1) is 0 Å². The minimum atomic E-state index is -0.310. The van der Waals surface area contributed by atoms with Crippen LogP contribution in [0.4, 0.5) is 5.82 Å². The van der Waals surface area contributed by atoms with E-state index in [1.807, 2.05) is 0 Å². The Kier molecular flexibility index (Phi) is 3.57. The lowest BCUT2D eigenvalue weighted by atomic mass is 10.1. The molecule has 2 N–H and O–H groups in total. The molecule has 0 spiro atoms. The maximum absolute atomic E-state index is 12.2. The van der Waals surface area contributed by atoms with Crippen LogP contribution in [0, 0.1) is 0 Å². The van der Waals surface area contributed by atoms with Crippen molar-refractivity contribution in [3.8, 4) is 0 Å². The predicted molar refractivity (Wildman–Crippen MR) is 81.8 cm³/mol. The van der Waals surface area contributed by atoms with Gasteiger partial charge in [0.1, 0.15) is 11.4 Å². The van der Waals surface area contributed by atoms with Gasteiger partial charge in [0.2, 0.25) is 0 Å². The van der Waals surface area contributed by atoms with Gasteiger partial charge in [-0.1, -0.05) is 6.07 Å². The number of amides is 2. The minimum absolute atomic E-state index is 0.208. The molecule has 0 saturated carbocycles. The summed E-state index contributed by atoms with van der Waals surface area (Å²) in [6.07, 6.45) is 1.60. The first-order chi connectivity index (χ1) is 10.7. The lowest BCUT2D eigenvalue weighted by Crippen LogP contribution is -2.16. The third kappa shape index (κ3) is 2.67. The fraction of sp³-hybridized carbons (Fsp3) is 0.0625. The van der Waals surface area contributed by atoms with Crippen molar-refractivity contribution in [1.82, 2.24) is 10.3 Å². The molecule has 2 amide bonds. The van der Waals surface area contributed by atoms with Crippen LogP contribution in [0.15, 0.2) is 53.1 Å². The zero-order valence-electron chi connectivity index (χ0n) is 11.8. The van der Waals surface area contributed by atoms with Gasteiger partial charge < -0.3 is 15.1 Å². The largest absolute Gasteiger partial charge is 0.451 e. The maximum Gasteiger partial charge on any atom is 0.286 e. The molecule has 3 rings (SSSR count). The van der Waals surface area contributed by atoms with Crippen molar-refractivity contribution in [3.05, 3.63) is 60.0 Å². The summed E-state index contributed by atoms with van der Waals surface area (Å²) in [5, 5.41) is 5.88. The number of hydrogen-bond acceptors (Lipinski definition) is 4. The molecule has 6 heteroatoms. The van der Waals surface area contributed by atoms with Crippen molar-refractivity contribution in [2.24, 2.45) is 0 Å². The highest BCUT2D eigenvalue weighted by molar-refractivity contribution is 6.06. The molecule has 0 bridgehead atoms. The third-order valence-electron chi connectivity index (χ3n) is 3.14. The number of rotatable bonds is 3. The Morgan fingerprint density at radius 3 is 2.68 bits per heavy atom. The van der Waals surface area contributed by atoms with E-state index in [-0.39, 0.29) is 17.6 Å². The van der Waals surface area contributed by atoms with Crippen LogP contribution in [-0.4, -0.2) is 23.8 Å². The van der Waals surface area contributed by atoms with Crippen LogP contribution >= 0.6 is 0 Å². The highest BCUT2D eigenvalue weighted by atomic mass is 16.3. The highest BCUT2D eigenvalue weighted by Gasteiger charge is 2.13. The Hall–Kier alpha value is -3.15. The van der Waals surface area contributed by atoms with Crippen molar-refractivity contribution in [3.63, 3.8) is 0 Å². The van der Waals surface area contributed by atoms with Gasteiger partial charge in [-0.15, -0.1) is 0 Å². The fourth-order valence-electron chi connectivity index (χ4n) is 2.04. The molecule has 0 atom stereocenters. The molecule has 0 aliphatic carbocycles. The number of pyridine rings is 1. The van der Waals surface area contributed by atoms with E-state index >= 15 is 0 Å². The number of anilines is 1. The summed E-state index contributed by atoms with van der Waals surface area (Å²) in [6, 6.07) is 11.8. The molecule has 0 unspecified atom stereocenters. The van der Waals surface area contributed by atoms with E-state index in [0.29, 0.717) is 22.4 Å². The lowest BCUT2D eigenvalue weighted by Gasteiger charge is -2.03. The number of hydrogen-bond donors (Lipinski definition) is 2. The van der Waals surface area contributed by atoms with Gasteiger partial charge in [-0.3, -0.25) is 9.59 Å². The van der Waals surface area contributed by atoms with Crippen molar-refractivity contribution >= 4 is 28.6 Å². The fourth-order valence-corrected chi connectivity index (χ4v) is 2.04. The average Bonchev–Trinajstić information content (AvgIpc) is 2.98. The van der Waals surface area contributed by atoms with E-state index in [2.05, 4.69) is 15.6 Å². The van der Waals surface area contributed by atoms with Crippen LogP contribution in [0.1, 0.15) is 20.9 Å². The Balaban J connectivity index is 1.88. The molecular weight excluding hydrogens is 282 g/mol. The Morgan fingerprint density at radius 2 is 1.95 bits per heavy atom. The number of fused-ring (bicyclic) bond motifs is 1. The molecule has 3 aromatic rings. The van der Waals surface area contributed by atoms with E-state index in [0.717, 1.165) is 0 Å². The molecular formula is C16H13N3O3. The molecule has 0 fully saturated rings. The molecule has 2 heterocycles. The number of nitrogens with zero attached hydrogens (tertiary/aromatic N) is 1. The summed E-state index contributed by atoms with van der Waals surface area (Å²) in [6.45, 7) is 0. The van der Waals surface area contributed by atoms with Crippen LogP contribution in [0.25, 0.3) is 11.0 Å². The Morgan fingerprint density at radius 1 is 1.09 bits per heavy atom. The van der Waals surface area contributed by atoms with Gasteiger partial charge >= 0.3 is 0 Å². The van der Waals surface area contributed by atoms with Gasteiger partial charge in [-0.05, 0) is 36.4 Å². The van der Waals surface area contributed by atoms with Crippen LogP contribution in [0.5, 0.6) is 0 Å². The van der Waals surface area contributed by atoms with Crippen molar-refractivity contribution in [2.75, 3.05) is 12.4 Å². The normalized spacial score (nSPS) is 10.4. The molecule has 110 valence electrons. The average molecular weight is 295 g/mol. The first-order valence-electron chi connectivity index (χ1n) is 6.65. The van der Waals surface area contributed by atoms with E-state index in [1.165, 1.54) is 7.05 Å². The quantitative estimate of drug-likeness (QED) is 0.777. The molecule has 0 aliphatic rings. The maximum atomic E-state index is 12.2. The number of aromatic nitrogens is 1. The summed E-state index contributed by atoms with van der Waals surface area (Å²) in [4.78, 5) is 27.8. The molecule has 22 heavy (non-hydrogen) atoms. The van der Waals surface area contributed by atoms with E-state index in [1.54, 1.807) is 48.7 Å². The van der Waals surface area contributed by atoms with E-state index in [4.69, 9.17) is 4.42 Å². The van der Waals surface area contributed by atoms with Gasteiger partial charge in [0.15, 0.2) is 5.76 Å². The van der Waals surface area contributed by atoms with Gasteiger partial charge in [0, 0.05) is 24.2 Å². The summed E-state index contributed by atoms with van der Waals surface area (Å²) >= 11 is 0. The zero-order chi connectivity index (χ0) is 15.5. The van der Waals surface area contributed by atoms with Gasteiger partial charge in [-0.2, -0.15) is 0 Å². The van der Waals surface area contributed by atoms with Crippen LogP contribution in [0.2, 0.25) is 0 Å². The van der Waals surface area contributed by atoms with E-state index in [9.17, 15) is 9.59 Å². The summed E-state index contributed by atoms with van der Waals surface area (Å²) in [7, 11) is 1.53. The van der Waals surface area contributed by atoms with Gasteiger partial charge in [-0.25, -0.2) is 4.98 Å². The van der Waals surface area contributed by atoms with Crippen LogP contribution < -0.4 is 10.6 Å². The second-order valence-electron chi connectivity index (χ2n) is 4.61. The van der Waals surface area contributed by atoms with Crippen molar-refractivity contribution in [2.45, 2.75) is 0 Å². The van der Waals surface area contributed by atoms with Crippen molar-refractivity contribution < 1.29 is 14.0 Å². The topological polar surface area (TPSA) is 84.2 Å². The second kappa shape index (κ2) is 5.69. The standard InChI is InChI=1S/C16H13N3O3/c1-17-16(21)13-9-11-8-10(5-6-12(11)22-13)15(20)19-14-4-2-3-7-18-14/h2-9H,1H3,(H,17,21)(H,18,19,20). The smallest absolute Gasteiger partial charge is 0.286 e. The molecule has 0 saturated heterocycles. The predicted octanol–water partition coefficient (Wildman–Crippen LogP) is 2.44. The molecule has 1 aromatic carbocycles. The monoisotopic (exact) mass is 295 g/mol. The summed E-state index contributed by atoms with van der Waals surface area (Å²) in [5.74, 6) is 0.101. The second-order valence-corrected chi connectivity index (χ2v) is 4.61. The number of carbonyl (C=O) groups is 2. The van der Waals surface area contributed by atoms with Crippen molar-refractivity contribution in [1.29, 1.82) is 0 Å². The SMILES string of the molecule is CNC(=O)c1cc2cc(C(=O)Nc3ccccn3)ccc2o1. The zero-order valence-corrected chi connectivity index (χ0v) is 11.8. The molecule has 0 aliphatic heterocycles. The third-order valence-corrected chi connectivity index (χ3v) is 3.14. The first-order valence-corrected chi connectivity index (χ1v) is 6.65. The number of nitrogens with one attached hydrogen (secondary N) is 2. The minimum Gasteiger partial charge on any atom is -0.451 e.